The fourth-order valence-electron chi connectivity index (χ4n) is 1.64. The van der Waals surface area contributed by atoms with Gasteiger partial charge in [-0.2, -0.15) is 0 Å². The minimum absolute atomic E-state index is 0.207. The largest absolute Gasteiger partial charge is 0.444 e. The van der Waals surface area contributed by atoms with E-state index in [-0.39, 0.29) is 11.6 Å². The molecule has 0 saturated heterocycles. The third kappa shape index (κ3) is 3.62. The molecule has 0 aliphatic rings. The highest BCUT2D eigenvalue weighted by molar-refractivity contribution is 7.92. The number of primary amides is 1. The smallest absolute Gasteiger partial charge is 0.235 e. The van der Waals surface area contributed by atoms with Crippen molar-refractivity contribution >= 4 is 27.3 Å². The molecule has 21 heavy (non-hydrogen) atoms. The summed E-state index contributed by atoms with van der Waals surface area (Å²) in [4.78, 5) is 15.1. The predicted molar refractivity (Wildman–Crippen MR) is 78.2 cm³/mol. The highest BCUT2D eigenvalue weighted by Crippen LogP contribution is 2.23. The average Bonchev–Trinajstić information content (AvgIpc) is 2.85. The molecule has 1 heterocycles. The van der Waals surface area contributed by atoms with Crippen molar-refractivity contribution in [1.29, 1.82) is 0 Å². The van der Waals surface area contributed by atoms with E-state index in [0.717, 1.165) is 0 Å². The molecule has 8 heteroatoms. The Labute approximate surface area is 126 Å². The van der Waals surface area contributed by atoms with Crippen molar-refractivity contribution in [1.82, 2.24) is 4.98 Å². The van der Waals surface area contributed by atoms with Crippen molar-refractivity contribution in [2.75, 3.05) is 0 Å². The first-order valence-electron chi connectivity index (χ1n) is 6.01. The van der Waals surface area contributed by atoms with E-state index in [1.165, 1.54) is 13.2 Å². The number of hydrogen-bond donors (Lipinski definition) is 1. The van der Waals surface area contributed by atoms with Gasteiger partial charge in [0.2, 0.25) is 11.8 Å². The van der Waals surface area contributed by atoms with Crippen molar-refractivity contribution in [3.63, 3.8) is 0 Å². The van der Waals surface area contributed by atoms with E-state index in [2.05, 4.69) is 4.98 Å². The van der Waals surface area contributed by atoms with Gasteiger partial charge in [-0.05, 0) is 25.1 Å². The normalized spacial score (nSPS) is 13.0. The van der Waals surface area contributed by atoms with Crippen molar-refractivity contribution in [2.24, 2.45) is 5.73 Å². The maximum absolute atomic E-state index is 11.9. The van der Waals surface area contributed by atoms with Crippen LogP contribution in [0.2, 0.25) is 5.02 Å². The molecule has 1 aromatic carbocycles. The first-order chi connectivity index (χ1) is 9.79. The first-order valence-corrected chi connectivity index (χ1v) is 8.10. The zero-order valence-corrected chi connectivity index (χ0v) is 12.7. The van der Waals surface area contributed by atoms with E-state index < -0.39 is 26.7 Å². The lowest BCUT2D eigenvalue weighted by Crippen LogP contribution is -2.34. The number of aromatic nitrogens is 1. The molecule has 2 rings (SSSR count). The lowest BCUT2D eigenvalue weighted by Gasteiger charge is -2.06. The monoisotopic (exact) mass is 328 g/mol. The molecule has 1 aromatic heterocycles. The zero-order valence-electron chi connectivity index (χ0n) is 11.1. The van der Waals surface area contributed by atoms with Crippen molar-refractivity contribution < 1.29 is 17.6 Å². The number of carbonyl (C=O) groups is 1. The summed E-state index contributed by atoms with van der Waals surface area (Å²) in [5.41, 5.74) is 5.85. The third-order valence-corrected chi connectivity index (χ3v) is 5.15. The van der Waals surface area contributed by atoms with Crippen LogP contribution in [0.25, 0.3) is 11.5 Å². The van der Waals surface area contributed by atoms with Gasteiger partial charge in [0.15, 0.2) is 9.84 Å². The van der Waals surface area contributed by atoms with Gasteiger partial charge >= 0.3 is 0 Å². The summed E-state index contributed by atoms with van der Waals surface area (Å²) in [6.07, 6.45) is 1.24. The molecule has 0 fully saturated rings. The van der Waals surface area contributed by atoms with Crippen LogP contribution in [0.4, 0.5) is 0 Å². The number of oxazole rings is 1. The van der Waals surface area contributed by atoms with Gasteiger partial charge in [-0.3, -0.25) is 4.79 Å². The highest BCUT2D eigenvalue weighted by Gasteiger charge is 2.27. The minimum Gasteiger partial charge on any atom is -0.444 e. The van der Waals surface area contributed by atoms with Crippen molar-refractivity contribution in [3.8, 4) is 11.5 Å². The average molecular weight is 329 g/mol. The molecular formula is C13H13ClN2O4S. The van der Waals surface area contributed by atoms with Crippen LogP contribution in [-0.2, 0) is 20.4 Å². The van der Waals surface area contributed by atoms with Crippen LogP contribution in [0, 0.1) is 0 Å². The molecule has 2 N–H and O–H groups in total. The molecular weight excluding hydrogens is 316 g/mol. The standard InChI is InChI=1S/C13H13ClN2O4S/c1-8(12(15)17)21(18,19)7-11-6-20-13(16-11)9-3-2-4-10(14)5-9/h2-6,8H,7H2,1H3,(H2,15,17)/t8-/m1/s1. The summed E-state index contributed by atoms with van der Waals surface area (Å²) in [5, 5.41) is -0.758. The van der Waals surface area contributed by atoms with Gasteiger partial charge in [0.1, 0.15) is 11.5 Å². The SMILES string of the molecule is C[C@H](C(N)=O)S(=O)(=O)Cc1coc(-c2cccc(Cl)c2)n1. The topological polar surface area (TPSA) is 103 Å². The van der Waals surface area contributed by atoms with Crippen LogP contribution in [0.5, 0.6) is 0 Å². The molecule has 0 aliphatic carbocycles. The molecule has 0 radical (unpaired) electrons. The number of amides is 1. The van der Waals surface area contributed by atoms with Crippen LogP contribution in [0.1, 0.15) is 12.6 Å². The summed E-state index contributed by atoms with van der Waals surface area (Å²) in [6, 6.07) is 6.82. The lowest BCUT2D eigenvalue weighted by molar-refractivity contribution is -0.117. The number of benzene rings is 1. The number of nitrogens with zero attached hydrogens (tertiary/aromatic N) is 1. The molecule has 0 saturated carbocycles. The highest BCUT2D eigenvalue weighted by atomic mass is 35.5. The van der Waals surface area contributed by atoms with E-state index in [1.807, 2.05) is 0 Å². The number of halogens is 1. The summed E-state index contributed by atoms with van der Waals surface area (Å²) in [6.45, 7) is 1.25. The number of hydrogen-bond acceptors (Lipinski definition) is 5. The number of nitrogens with two attached hydrogens (primary N) is 1. The Morgan fingerprint density at radius 3 is 2.81 bits per heavy atom. The van der Waals surface area contributed by atoms with Crippen LogP contribution in [0.15, 0.2) is 34.9 Å². The minimum atomic E-state index is -3.71. The maximum Gasteiger partial charge on any atom is 0.235 e. The van der Waals surface area contributed by atoms with E-state index in [0.29, 0.717) is 10.6 Å². The summed E-state index contributed by atoms with van der Waals surface area (Å²) in [7, 11) is -3.71. The van der Waals surface area contributed by atoms with Crippen LogP contribution < -0.4 is 5.73 Å². The molecule has 1 atom stereocenters. The molecule has 0 spiro atoms. The van der Waals surface area contributed by atoms with Crippen LogP contribution >= 0.6 is 11.6 Å². The van der Waals surface area contributed by atoms with Gasteiger partial charge in [-0.25, -0.2) is 13.4 Å². The zero-order chi connectivity index (χ0) is 15.6. The number of sulfone groups is 1. The van der Waals surface area contributed by atoms with Gasteiger partial charge in [0.05, 0.1) is 11.4 Å². The van der Waals surface area contributed by atoms with Gasteiger partial charge in [0.25, 0.3) is 0 Å². The number of rotatable bonds is 5. The van der Waals surface area contributed by atoms with E-state index in [9.17, 15) is 13.2 Å². The van der Waals surface area contributed by atoms with E-state index in [4.69, 9.17) is 21.8 Å². The Morgan fingerprint density at radius 1 is 1.48 bits per heavy atom. The predicted octanol–water partition coefficient (Wildman–Crippen LogP) is 1.78. The van der Waals surface area contributed by atoms with Gasteiger partial charge in [-0.15, -0.1) is 0 Å². The van der Waals surface area contributed by atoms with Gasteiger partial charge in [0, 0.05) is 10.6 Å². The van der Waals surface area contributed by atoms with Gasteiger partial charge < -0.3 is 10.2 Å². The first kappa shape index (κ1) is 15.5. The van der Waals surface area contributed by atoms with Gasteiger partial charge in [-0.1, -0.05) is 17.7 Å². The second-order valence-electron chi connectivity index (χ2n) is 4.51. The fraction of sp³-hybridized carbons (Fsp3) is 0.231. The second kappa shape index (κ2) is 5.87. The van der Waals surface area contributed by atoms with E-state index in [1.54, 1.807) is 24.3 Å². The Kier molecular flexibility index (Phi) is 4.34. The Bertz CT molecular complexity index is 770. The van der Waals surface area contributed by atoms with Crippen LogP contribution in [0.3, 0.4) is 0 Å². The molecule has 1 amide bonds. The number of carbonyl (C=O) groups excluding carboxylic acids is 1. The lowest BCUT2D eigenvalue weighted by atomic mass is 10.2. The fourth-order valence-corrected chi connectivity index (χ4v) is 2.97. The Balaban J connectivity index is 2.23. The molecule has 112 valence electrons. The Morgan fingerprint density at radius 2 is 2.19 bits per heavy atom. The maximum atomic E-state index is 11.9. The molecule has 0 aliphatic heterocycles. The summed E-state index contributed by atoms with van der Waals surface area (Å²) in [5.74, 6) is -1.05. The van der Waals surface area contributed by atoms with E-state index >= 15 is 0 Å². The third-order valence-electron chi connectivity index (χ3n) is 2.91. The molecule has 6 nitrogen and oxygen atoms in total. The van der Waals surface area contributed by atoms with Crippen molar-refractivity contribution in [3.05, 3.63) is 41.2 Å². The van der Waals surface area contributed by atoms with Crippen molar-refractivity contribution in [2.45, 2.75) is 17.9 Å². The molecule has 0 bridgehead atoms. The van der Waals surface area contributed by atoms with Crippen LogP contribution in [-0.4, -0.2) is 24.6 Å². The molecule has 0 unspecified atom stereocenters. The summed E-state index contributed by atoms with van der Waals surface area (Å²) >= 11 is 5.87. The second-order valence-corrected chi connectivity index (χ2v) is 7.26. The Hall–Kier alpha value is -1.86. The summed E-state index contributed by atoms with van der Waals surface area (Å²) < 4.78 is 29.1. The molecule has 2 aromatic rings. The quantitative estimate of drug-likeness (QED) is 0.901.